The molecule has 136 valence electrons. The summed E-state index contributed by atoms with van der Waals surface area (Å²) in [4.78, 5) is 12.2. The molecule has 6 heteroatoms. The van der Waals surface area contributed by atoms with Gasteiger partial charge in [0.1, 0.15) is 11.5 Å². The number of fused-ring (bicyclic) bond motifs is 1. The van der Waals surface area contributed by atoms with Gasteiger partial charge >= 0.3 is 0 Å². The van der Waals surface area contributed by atoms with Crippen LogP contribution in [0.3, 0.4) is 0 Å². The van der Waals surface area contributed by atoms with Gasteiger partial charge in [-0.15, -0.1) is 0 Å². The number of carbonyl (C=O) groups is 1. The smallest absolute Gasteiger partial charge is 0.248 e. The zero-order chi connectivity index (χ0) is 18.4. The molecule has 2 aromatic rings. The largest absolute Gasteiger partial charge is 0.497 e. The summed E-state index contributed by atoms with van der Waals surface area (Å²) < 4.78 is 21.7. The number of amides is 1. The van der Waals surface area contributed by atoms with Gasteiger partial charge in [0.25, 0.3) is 0 Å². The third-order valence-electron chi connectivity index (χ3n) is 3.86. The second-order valence-electron chi connectivity index (χ2n) is 5.65. The number of anilines is 1. The monoisotopic (exact) mass is 355 g/mol. The Labute approximate surface area is 152 Å². The SMILES string of the molecule is COc1ccc(OC)c(NC(=O)C=Cc2ccc3c(c2)OCCCO3)c1. The Hall–Kier alpha value is -3.15. The van der Waals surface area contributed by atoms with Gasteiger partial charge in [0, 0.05) is 18.6 Å². The molecular weight excluding hydrogens is 334 g/mol. The molecule has 1 N–H and O–H groups in total. The first kappa shape index (κ1) is 17.7. The molecule has 0 saturated heterocycles. The van der Waals surface area contributed by atoms with Crippen LogP contribution in [0.1, 0.15) is 12.0 Å². The van der Waals surface area contributed by atoms with Crippen LogP contribution in [-0.4, -0.2) is 33.3 Å². The van der Waals surface area contributed by atoms with E-state index in [1.54, 1.807) is 38.5 Å². The third kappa shape index (κ3) is 4.27. The van der Waals surface area contributed by atoms with Crippen LogP contribution in [0.5, 0.6) is 23.0 Å². The summed E-state index contributed by atoms with van der Waals surface area (Å²) in [5, 5.41) is 2.79. The molecule has 0 radical (unpaired) electrons. The van der Waals surface area contributed by atoms with E-state index >= 15 is 0 Å². The van der Waals surface area contributed by atoms with E-state index in [0.29, 0.717) is 36.1 Å². The molecule has 6 nitrogen and oxygen atoms in total. The summed E-state index contributed by atoms with van der Waals surface area (Å²) in [5.74, 6) is 2.34. The van der Waals surface area contributed by atoms with E-state index in [1.165, 1.54) is 6.08 Å². The molecule has 0 spiro atoms. The highest BCUT2D eigenvalue weighted by atomic mass is 16.5. The quantitative estimate of drug-likeness (QED) is 0.832. The minimum atomic E-state index is -0.274. The van der Waals surface area contributed by atoms with Crippen LogP contribution < -0.4 is 24.3 Å². The van der Waals surface area contributed by atoms with Gasteiger partial charge in [0.2, 0.25) is 5.91 Å². The van der Waals surface area contributed by atoms with Crippen molar-refractivity contribution in [1.82, 2.24) is 0 Å². The molecule has 0 saturated carbocycles. The Kier molecular flexibility index (Phi) is 5.63. The minimum absolute atomic E-state index is 0.274. The Morgan fingerprint density at radius 3 is 2.62 bits per heavy atom. The van der Waals surface area contributed by atoms with Crippen molar-refractivity contribution in [2.24, 2.45) is 0 Å². The number of benzene rings is 2. The second-order valence-corrected chi connectivity index (χ2v) is 5.65. The molecular formula is C20H21NO5. The molecule has 1 aliphatic rings. The lowest BCUT2D eigenvalue weighted by Crippen LogP contribution is -2.09. The number of nitrogens with one attached hydrogen (secondary N) is 1. The fraction of sp³-hybridized carbons (Fsp3) is 0.250. The Bertz CT molecular complexity index is 816. The van der Waals surface area contributed by atoms with Crippen LogP contribution in [0.4, 0.5) is 5.69 Å². The first-order valence-electron chi connectivity index (χ1n) is 8.30. The molecule has 0 aliphatic carbocycles. The van der Waals surface area contributed by atoms with Crippen molar-refractivity contribution >= 4 is 17.7 Å². The van der Waals surface area contributed by atoms with Gasteiger partial charge in [0.05, 0.1) is 33.1 Å². The summed E-state index contributed by atoms with van der Waals surface area (Å²) in [6, 6.07) is 10.8. The predicted octanol–water partition coefficient (Wildman–Crippen LogP) is 3.52. The van der Waals surface area contributed by atoms with Crippen molar-refractivity contribution in [1.29, 1.82) is 0 Å². The maximum absolute atomic E-state index is 12.2. The Morgan fingerprint density at radius 2 is 1.85 bits per heavy atom. The summed E-state index contributed by atoms with van der Waals surface area (Å²) >= 11 is 0. The lowest BCUT2D eigenvalue weighted by atomic mass is 10.2. The van der Waals surface area contributed by atoms with E-state index in [0.717, 1.165) is 17.7 Å². The number of ether oxygens (including phenoxy) is 4. The second kappa shape index (κ2) is 8.29. The van der Waals surface area contributed by atoms with E-state index < -0.39 is 0 Å². The molecule has 1 aliphatic heterocycles. The van der Waals surface area contributed by atoms with Gasteiger partial charge in [0.15, 0.2) is 11.5 Å². The number of hydrogen-bond acceptors (Lipinski definition) is 5. The molecule has 0 atom stereocenters. The van der Waals surface area contributed by atoms with E-state index in [-0.39, 0.29) is 5.91 Å². The molecule has 2 aromatic carbocycles. The van der Waals surface area contributed by atoms with Crippen molar-refractivity contribution in [3.05, 3.63) is 48.0 Å². The van der Waals surface area contributed by atoms with Crippen LogP contribution in [-0.2, 0) is 4.79 Å². The Balaban J connectivity index is 1.71. The van der Waals surface area contributed by atoms with Gasteiger partial charge in [-0.3, -0.25) is 4.79 Å². The average molecular weight is 355 g/mol. The summed E-state index contributed by atoms with van der Waals surface area (Å²) in [7, 11) is 3.11. The van der Waals surface area contributed by atoms with Crippen molar-refractivity contribution in [2.45, 2.75) is 6.42 Å². The minimum Gasteiger partial charge on any atom is -0.497 e. The highest BCUT2D eigenvalue weighted by Crippen LogP contribution is 2.31. The highest BCUT2D eigenvalue weighted by Gasteiger charge is 2.10. The lowest BCUT2D eigenvalue weighted by molar-refractivity contribution is -0.111. The summed E-state index contributed by atoms with van der Waals surface area (Å²) in [6.45, 7) is 1.27. The zero-order valence-electron chi connectivity index (χ0n) is 14.8. The zero-order valence-corrected chi connectivity index (χ0v) is 14.8. The third-order valence-corrected chi connectivity index (χ3v) is 3.86. The van der Waals surface area contributed by atoms with Gasteiger partial charge in [-0.05, 0) is 35.9 Å². The molecule has 0 unspecified atom stereocenters. The molecule has 3 rings (SSSR count). The predicted molar refractivity (Wildman–Crippen MR) is 99.3 cm³/mol. The average Bonchev–Trinajstić information content (AvgIpc) is 2.91. The first-order valence-corrected chi connectivity index (χ1v) is 8.30. The van der Waals surface area contributed by atoms with Gasteiger partial charge in [-0.1, -0.05) is 6.07 Å². The Morgan fingerprint density at radius 1 is 1.04 bits per heavy atom. The molecule has 1 heterocycles. The highest BCUT2D eigenvalue weighted by molar-refractivity contribution is 6.02. The van der Waals surface area contributed by atoms with Gasteiger partial charge < -0.3 is 24.3 Å². The number of hydrogen-bond donors (Lipinski definition) is 1. The molecule has 0 aromatic heterocycles. The van der Waals surface area contributed by atoms with Crippen LogP contribution in [0.15, 0.2) is 42.5 Å². The molecule has 1 amide bonds. The summed E-state index contributed by atoms with van der Waals surface area (Å²) in [5.41, 5.74) is 1.39. The van der Waals surface area contributed by atoms with Crippen LogP contribution in [0.2, 0.25) is 0 Å². The van der Waals surface area contributed by atoms with Crippen LogP contribution >= 0.6 is 0 Å². The van der Waals surface area contributed by atoms with Gasteiger partial charge in [-0.25, -0.2) is 0 Å². The van der Waals surface area contributed by atoms with Gasteiger partial charge in [-0.2, -0.15) is 0 Å². The van der Waals surface area contributed by atoms with E-state index in [9.17, 15) is 4.79 Å². The van der Waals surface area contributed by atoms with Crippen molar-refractivity contribution in [3.63, 3.8) is 0 Å². The molecule has 0 bridgehead atoms. The van der Waals surface area contributed by atoms with Crippen molar-refractivity contribution in [2.75, 3.05) is 32.8 Å². The van der Waals surface area contributed by atoms with Crippen molar-refractivity contribution < 1.29 is 23.7 Å². The fourth-order valence-corrected chi connectivity index (χ4v) is 2.54. The molecule has 26 heavy (non-hydrogen) atoms. The normalized spacial score (nSPS) is 13.2. The van der Waals surface area contributed by atoms with E-state index in [2.05, 4.69) is 5.32 Å². The van der Waals surface area contributed by atoms with Crippen LogP contribution in [0, 0.1) is 0 Å². The number of carbonyl (C=O) groups excluding carboxylic acids is 1. The van der Waals surface area contributed by atoms with Crippen molar-refractivity contribution in [3.8, 4) is 23.0 Å². The first-order chi connectivity index (χ1) is 12.7. The van der Waals surface area contributed by atoms with E-state index in [1.807, 2.05) is 18.2 Å². The maximum atomic E-state index is 12.2. The standard InChI is InChI=1S/C20H21NO5/c1-23-15-6-8-17(24-2)16(13-15)21-20(22)9-5-14-4-7-18-19(12-14)26-11-3-10-25-18/h4-9,12-13H,3,10-11H2,1-2H3,(H,21,22). The number of rotatable bonds is 5. The summed E-state index contributed by atoms with van der Waals surface area (Å²) in [6.07, 6.45) is 4.03. The van der Waals surface area contributed by atoms with Crippen LogP contribution in [0.25, 0.3) is 6.08 Å². The lowest BCUT2D eigenvalue weighted by Gasteiger charge is -2.10. The number of methoxy groups -OCH3 is 2. The topological polar surface area (TPSA) is 66.0 Å². The maximum Gasteiger partial charge on any atom is 0.248 e. The molecule has 0 fully saturated rings. The van der Waals surface area contributed by atoms with E-state index in [4.69, 9.17) is 18.9 Å². The fourth-order valence-electron chi connectivity index (χ4n) is 2.54.